The smallest absolute Gasteiger partial charge is 0.200 e. The molecule has 0 radical (unpaired) electrons. The van der Waals surface area contributed by atoms with Gasteiger partial charge in [0.15, 0.2) is 11.5 Å². The Balaban J connectivity index is 1.35. The van der Waals surface area contributed by atoms with Crippen LogP contribution >= 0.6 is 0 Å². The van der Waals surface area contributed by atoms with Crippen molar-refractivity contribution >= 4 is 11.3 Å². The molecule has 1 aliphatic carbocycles. The van der Waals surface area contributed by atoms with Gasteiger partial charge in [-0.05, 0) is 31.0 Å². The predicted octanol–water partition coefficient (Wildman–Crippen LogP) is 2.25. The lowest BCUT2D eigenvalue weighted by atomic mass is 10.2. The molecule has 0 spiro atoms. The molecular formula is C17H17N5O2. The van der Waals surface area contributed by atoms with E-state index >= 15 is 0 Å². The minimum atomic E-state index is -0.0552. The van der Waals surface area contributed by atoms with Gasteiger partial charge in [-0.3, -0.25) is 0 Å². The fourth-order valence-corrected chi connectivity index (χ4v) is 2.94. The van der Waals surface area contributed by atoms with Crippen molar-refractivity contribution < 1.29 is 9.47 Å². The van der Waals surface area contributed by atoms with Gasteiger partial charge < -0.3 is 14.8 Å². The summed E-state index contributed by atoms with van der Waals surface area (Å²) in [4.78, 5) is 0. The second kappa shape index (κ2) is 5.36. The van der Waals surface area contributed by atoms with Gasteiger partial charge in [0.2, 0.25) is 5.65 Å². The molecule has 0 saturated heterocycles. The maximum Gasteiger partial charge on any atom is 0.200 e. The molecule has 1 aromatic carbocycles. The highest BCUT2D eigenvalue weighted by molar-refractivity contribution is 5.67. The molecule has 1 atom stereocenters. The summed E-state index contributed by atoms with van der Waals surface area (Å²) in [5.41, 5.74) is 2.76. The number of aromatic nitrogens is 4. The Bertz CT molecular complexity index is 890. The predicted molar refractivity (Wildman–Crippen MR) is 87.6 cm³/mol. The molecule has 122 valence electrons. The van der Waals surface area contributed by atoms with Crippen molar-refractivity contribution in [2.24, 2.45) is 0 Å². The molecule has 3 heterocycles. The molecule has 2 aliphatic rings. The monoisotopic (exact) mass is 323 g/mol. The fourth-order valence-electron chi connectivity index (χ4n) is 2.94. The summed E-state index contributed by atoms with van der Waals surface area (Å²) >= 11 is 0. The molecule has 7 nitrogen and oxygen atoms in total. The van der Waals surface area contributed by atoms with E-state index in [1.807, 2.05) is 24.3 Å². The van der Waals surface area contributed by atoms with Gasteiger partial charge in [-0.15, -0.1) is 10.2 Å². The highest BCUT2D eigenvalue weighted by Crippen LogP contribution is 2.40. The Kier molecular flexibility index (Phi) is 3.04. The van der Waals surface area contributed by atoms with Crippen molar-refractivity contribution in [3.8, 4) is 11.5 Å². The second-order valence-corrected chi connectivity index (χ2v) is 6.23. The van der Waals surface area contributed by atoms with Gasteiger partial charge in [-0.25, -0.2) is 0 Å². The molecule has 5 rings (SSSR count). The third-order valence-corrected chi connectivity index (χ3v) is 4.37. The van der Waals surface area contributed by atoms with Gasteiger partial charge >= 0.3 is 0 Å². The molecule has 0 bridgehead atoms. The minimum absolute atomic E-state index is 0.0552. The molecule has 3 aromatic rings. The number of anilines is 1. The zero-order valence-electron chi connectivity index (χ0n) is 13.1. The van der Waals surface area contributed by atoms with Gasteiger partial charge in [0.25, 0.3) is 0 Å². The van der Waals surface area contributed by atoms with Crippen LogP contribution in [0.3, 0.4) is 0 Å². The molecule has 1 N–H and O–H groups in total. The summed E-state index contributed by atoms with van der Waals surface area (Å²) in [6.07, 6.45) is 4.00. The number of hydrogen-bond donors (Lipinski definition) is 1. The van der Waals surface area contributed by atoms with Crippen LogP contribution in [0.1, 0.15) is 24.5 Å². The van der Waals surface area contributed by atoms with E-state index in [-0.39, 0.29) is 6.10 Å². The number of fused-ring (bicyclic) bond motifs is 2. The summed E-state index contributed by atoms with van der Waals surface area (Å²) < 4.78 is 13.5. The highest BCUT2D eigenvalue weighted by atomic mass is 16.6. The Labute approximate surface area is 138 Å². The zero-order chi connectivity index (χ0) is 15.9. The van der Waals surface area contributed by atoms with Gasteiger partial charge in [-0.1, -0.05) is 12.1 Å². The second-order valence-electron chi connectivity index (χ2n) is 6.23. The number of para-hydroxylation sites is 2. The molecule has 0 amide bonds. The largest absolute Gasteiger partial charge is 0.486 e. The van der Waals surface area contributed by atoms with Crippen molar-refractivity contribution in [2.75, 3.05) is 18.5 Å². The van der Waals surface area contributed by atoms with E-state index in [0.717, 1.165) is 28.5 Å². The van der Waals surface area contributed by atoms with E-state index in [9.17, 15) is 0 Å². The molecule has 2 aromatic heterocycles. The third-order valence-electron chi connectivity index (χ3n) is 4.37. The van der Waals surface area contributed by atoms with E-state index in [0.29, 0.717) is 19.1 Å². The Morgan fingerprint density at radius 1 is 1.21 bits per heavy atom. The number of ether oxygens (including phenoxy) is 2. The van der Waals surface area contributed by atoms with Gasteiger partial charge in [0.05, 0.1) is 17.9 Å². The first-order chi connectivity index (χ1) is 11.9. The average molecular weight is 323 g/mol. The number of rotatable bonds is 4. The maximum absolute atomic E-state index is 5.99. The number of benzene rings is 1. The molecule has 1 fully saturated rings. The van der Waals surface area contributed by atoms with Crippen LogP contribution in [0.15, 0.2) is 36.7 Å². The van der Waals surface area contributed by atoms with Crippen molar-refractivity contribution in [3.05, 3.63) is 42.4 Å². The molecule has 1 saturated carbocycles. The summed E-state index contributed by atoms with van der Waals surface area (Å²) in [6.45, 7) is 1.15. The number of nitrogens with one attached hydrogen (secondary N) is 1. The van der Waals surface area contributed by atoms with E-state index in [1.165, 1.54) is 12.8 Å². The quantitative estimate of drug-likeness (QED) is 0.794. The van der Waals surface area contributed by atoms with Crippen LogP contribution in [0.4, 0.5) is 5.69 Å². The summed E-state index contributed by atoms with van der Waals surface area (Å²) in [7, 11) is 0. The minimum Gasteiger partial charge on any atom is -0.486 e. The summed E-state index contributed by atoms with van der Waals surface area (Å²) in [5, 5.41) is 16.1. The SMILES string of the molecule is c1ccc2c(c1)OCC(CNc1cc(C3CC3)nn3cnnc13)O2. The van der Waals surface area contributed by atoms with Crippen LogP contribution in [-0.2, 0) is 0 Å². The van der Waals surface area contributed by atoms with E-state index in [2.05, 4.69) is 26.7 Å². The van der Waals surface area contributed by atoms with E-state index in [1.54, 1.807) is 10.8 Å². The molecule has 7 heteroatoms. The van der Waals surface area contributed by atoms with E-state index in [4.69, 9.17) is 9.47 Å². The Morgan fingerprint density at radius 2 is 2.08 bits per heavy atom. The van der Waals surface area contributed by atoms with Crippen LogP contribution in [0.2, 0.25) is 0 Å². The summed E-state index contributed by atoms with van der Waals surface area (Å²) in [5.74, 6) is 2.16. The topological polar surface area (TPSA) is 73.6 Å². The van der Waals surface area contributed by atoms with Crippen LogP contribution in [0.5, 0.6) is 11.5 Å². The van der Waals surface area contributed by atoms with Crippen molar-refractivity contribution in [3.63, 3.8) is 0 Å². The van der Waals surface area contributed by atoms with Crippen LogP contribution in [-0.4, -0.2) is 39.1 Å². The first-order valence-corrected chi connectivity index (χ1v) is 8.20. The first kappa shape index (κ1) is 13.6. The standard InChI is InChI=1S/C17H17N5O2/c1-2-4-16-15(3-1)23-9-12(24-16)8-18-14-7-13(11-5-6-11)21-22-10-19-20-17(14)22/h1-4,7,10-12,18H,5-6,8-9H2. The van der Waals surface area contributed by atoms with Crippen LogP contribution in [0.25, 0.3) is 5.65 Å². The third kappa shape index (κ3) is 2.42. The van der Waals surface area contributed by atoms with Crippen LogP contribution < -0.4 is 14.8 Å². The van der Waals surface area contributed by atoms with Crippen molar-refractivity contribution in [2.45, 2.75) is 24.9 Å². The van der Waals surface area contributed by atoms with Gasteiger partial charge in [0.1, 0.15) is 19.0 Å². The number of hydrogen-bond acceptors (Lipinski definition) is 6. The maximum atomic E-state index is 5.99. The number of nitrogens with zero attached hydrogens (tertiary/aromatic N) is 4. The molecule has 1 aliphatic heterocycles. The molecule has 24 heavy (non-hydrogen) atoms. The molecule has 1 unspecified atom stereocenters. The summed E-state index contributed by atoms with van der Waals surface area (Å²) in [6, 6.07) is 9.82. The lowest BCUT2D eigenvalue weighted by Crippen LogP contribution is -2.35. The molecular weight excluding hydrogens is 306 g/mol. The zero-order valence-corrected chi connectivity index (χ0v) is 13.1. The van der Waals surface area contributed by atoms with Gasteiger partial charge in [-0.2, -0.15) is 9.61 Å². The lowest BCUT2D eigenvalue weighted by molar-refractivity contribution is 0.0998. The normalized spacial score (nSPS) is 19.4. The van der Waals surface area contributed by atoms with Crippen LogP contribution in [0, 0.1) is 0 Å². The Morgan fingerprint density at radius 3 is 2.96 bits per heavy atom. The highest BCUT2D eigenvalue weighted by Gasteiger charge is 2.27. The fraction of sp³-hybridized carbons (Fsp3) is 0.353. The van der Waals surface area contributed by atoms with Crippen molar-refractivity contribution in [1.29, 1.82) is 0 Å². The first-order valence-electron chi connectivity index (χ1n) is 8.20. The average Bonchev–Trinajstić information content (AvgIpc) is 3.37. The van der Waals surface area contributed by atoms with Crippen molar-refractivity contribution in [1.82, 2.24) is 19.8 Å². The van der Waals surface area contributed by atoms with E-state index < -0.39 is 0 Å². The lowest BCUT2D eigenvalue weighted by Gasteiger charge is -2.26. The Hall–Kier alpha value is -2.83. The van der Waals surface area contributed by atoms with Gasteiger partial charge in [0, 0.05) is 5.92 Å².